The van der Waals surface area contributed by atoms with Gasteiger partial charge in [0.05, 0.1) is 0 Å². The van der Waals surface area contributed by atoms with Crippen LogP contribution in [0.2, 0.25) is 0 Å². The van der Waals surface area contributed by atoms with Gasteiger partial charge in [0.15, 0.2) is 0 Å². The molecule has 2 fully saturated rings. The van der Waals surface area contributed by atoms with E-state index in [0.29, 0.717) is 31.7 Å². The molecule has 6 heteroatoms. The number of carbonyl (C=O) groups is 1. The Hall–Kier alpha value is -0.780. The second-order valence-corrected chi connectivity index (χ2v) is 5.67. The number of piperidine rings is 1. The number of rotatable bonds is 5. The minimum absolute atomic E-state index is 0.0330. The Morgan fingerprint density at radius 2 is 1.95 bits per heavy atom. The van der Waals surface area contributed by atoms with Crippen molar-refractivity contribution in [1.82, 2.24) is 10.6 Å². The van der Waals surface area contributed by atoms with E-state index in [-0.39, 0.29) is 18.4 Å². The Balaban J connectivity index is 1.63. The lowest BCUT2D eigenvalue weighted by Crippen LogP contribution is -2.51. The van der Waals surface area contributed by atoms with Crippen molar-refractivity contribution in [3.05, 3.63) is 0 Å². The molecule has 1 amide bonds. The highest BCUT2D eigenvalue weighted by atomic mass is 19.4. The highest BCUT2D eigenvalue weighted by Crippen LogP contribution is 2.32. The lowest BCUT2D eigenvalue weighted by molar-refractivity contribution is -0.163. The summed E-state index contributed by atoms with van der Waals surface area (Å²) in [6.07, 6.45) is 0.757. The Labute approximate surface area is 111 Å². The van der Waals surface area contributed by atoms with Gasteiger partial charge >= 0.3 is 6.18 Å². The number of carbonyl (C=O) groups excluding carboxylic acids is 1. The van der Waals surface area contributed by atoms with E-state index in [2.05, 4.69) is 10.6 Å². The van der Waals surface area contributed by atoms with Gasteiger partial charge in [-0.2, -0.15) is 13.2 Å². The summed E-state index contributed by atoms with van der Waals surface area (Å²) in [7, 11) is 0. The molecule has 1 aliphatic carbocycles. The lowest BCUT2D eigenvalue weighted by atomic mass is 9.96. The van der Waals surface area contributed by atoms with E-state index in [1.807, 2.05) is 0 Å². The normalized spacial score (nSPS) is 28.2. The third kappa shape index (κ3) is 5.01. The van der Waals surface area contributed by atoms with Gasteiger partial charge in [0.25, 0.3) is 0 Å². The van der Waals surface area contributed by atoms with Crippen molar-refractivity contribution in [2.45, 2.75) is 63.2 Å². The average molecular weight is 278 g/mol. The van der Waals surface area contributed by atoms with Crippen LogP contribution in [0.1, 0.15) is 44.9 Å². The largest absolute Gasteiger partial charge is 0.403 e. The summed E-state index contributed by atoms with van der Waals surface area (Å²) in [6, 6.07) is -1.52. The molecular formula is C13H21F3N2O. The predicted molar refractivity (Wildman–Crippen MR) is 65.6 cm³/mol. The maximum absolute atomic E-state index is 12.6. The predicted octanol–water partition coefficient (Wildman–Crippen LogP) is 2.37. The van der Waals surface area contributed by atoms with Crippen LogP contribution in [0.15, 0.2) is 0 Å². The maximum Gasteiger partial charge on any atom is 0.403 e. The van der Waals surface area contributed by atoms with Crippen molar-refractivity contribution in [3.8, 4) is 0 Å². The molecule has 19 heavy (non-hydrogen) atoms. The number of hydrogen-bond donors (Lipinski definition) is 2. The molecule has 0 radical (unpaired) electrons. The van der Waals surface area contributed by atoms with Gasteiger partial charge in [-0.05, 0) is 38.0 Å². The first-order valence-electron chi connectivity index (χ1n) is 7.04. The van der Waals surface area contributed by atoms with Gasteiger partial charge in [0, 0.05) is 19.0 Å². The lowest BCUT2D eigenvalue weighted by Gasteiger charge is -2.32. The van der Waals surface area contributed by atoms with Crippen molar-refractivity contribution in [2.75, 3.05) is 6.54 Å². The van der Waals surface area contributed by atoms with Gasteiger partial charge < -0.3 is 10.6 Å². The van der Waals surface area contributed by atoms with E-state index >= 15 is 0 Å². The molecule has 2 aliphatic rings. The third-order valence-electron chi connectivity index (χ3n) is 3.86. The van der Waals surface area contributed by atoms with Crippen LogP contribution in [-0.2, 0) is 4.79 Å². The second kappa shape index (κ2) is 6.11. The quantitative estimate of drug-likeness (QED) is 0.810. The topological polar surface area (TPSA) is 41.1 Å². The first-order chi connectivity index (χ1) is 8.95. The fourth-order valence-corrected chi connectivity index (χ4v) is 2.55. The summed E-state index contributed by atoms with van der Waals surface area (Å²) < 4.78 is 37.7. The summed E-state index contributed by atoms with van der Waals surface area (Å²) in [5.74, 6) is 0.577. The fraction of sp³-hybridized carbons (Fsp3) is 0.923. The zero-order valence-corrected chi connectivity index (χ0v) is 10.9. The monoisotopic (exact) mass is 278 g/mol. The van der Waals surface area contributed by atoms with Crippen LogP contribution in [0.3, 0.4) is 0 Å². The maximum atomic E-state index is 12.6. The van der Waals surface area contributed by atoms with Gasteiger partial charge in [0.1, 0.15) is 6.04 Å². The smallest absolute Gasteiger partial charge is 0.356 e. The molecule has 0 bridgehead atoms. The Bertz CT molecular complexity index is 316. The minimum atomic E-state index is -4.16. The summed E-state index contributed by atoms with van der Waals surface area (Å²) in [5, 5.41) is 5.44. The van der Waals surface area contributed by atoms with Crippen LogP contribution in [-0.4, -0.2) is 30.7 Å². The van der Waals surface area contributed by atoms with E-state index in [0.717, 1.165) is 19.3 Å². The zero-order valence-electron chi connectivity index (χ0n) is 10.9. The molecule has 3 nitrogen and oxygen atoms in total. The number of nitrogens with one attached hydrogen (secondary N) is 2. The van der Waals surface area contributed by atoms with Crippen LogP contribution in [0, 0.1) is 5.92 Å². The summed E-state index contributed by atoms with van der Waals surface area (Å²) in [5.41, 5.74) is 0. The molecule has 1 saturated heterocycles. The van der Waals surface area contributed by atoms with Gasteiger partial charge in [0.2, 0.25) is 5.91 Å². The highest BCUT2D eigenvalue weighted by Gasteiger charge is 2.41. The first kappa shape index (κ1) is 14.6. The number of halogens is 3. The standard InChI is InChI=1S/C13H21F3N2O/c14-13(15,16)11-3-1-2-10(18-11)6-7-17-12(19)8-9-4-5-9/h9-11,18H,1-8H2,(H,17,19). The van der Waals surface area contributed by atoms with E-state index in [4.69, 9.17) is 0 Å². The SMILES string of the molecule is O=C(CC1CC1)NCCC1CCCC(C(F)(F)F)N1. The number of amides is 1. The van der Waals surface area contributed by atoms with Crippen LogP contribution in [0.25, 0.3) is 0 Å². The average Bonchev–Trinajstić information content (AvgIpc) is 3.12. The number of hydrogen-bond acceptors (Lipinski definition) is 2. The molecule has 110 valence electrons. The molecule has 0 spiro atoms. The molecule has 0 aromatic heterocycles. The van der Waals surface area contributed by atoms with Crippen LogP contribution < -0.4 is 10.6 Å². The zero-order chi connectivity index (χ0) is 13.9. The second-order valence-electron chi connectivity index (χ2n) is 5.67. The summed E-state index contributed by atoms with van der Waals surface area (Å²) >= 11 is 0. The molecule has 0 aromatic rings. The fourth-order valence-electron chi connectivity index (χ4n) is 2.55. The number of alkyl halides is 3. The Kier molecular flexibility index (Phi) is 4.71. The molecule has 1 aliphatic heterocycles. The van der Waals surface area contributed by atoms with E-state index in [1.165, 1.54) is 0 Å². The van der Waals surface area contributed by atoms with E-state index < -0.39 is 12.2 Å². The Morgan fingerprint density at radius 1 is 1.21 bits per heavy atom. The summed E-state index contributed by atoms with van der Waals surface area (Å²) in [6.45, 7) is 0.466. The van der Waals surface area contributed by atoms with Crippen molar-refractivity contribution in [2.24, 2.45) is 5.92 Å². The molecule has 1 saturated carbocycles. The van der Waals surface area contributed by atoms with Crippen molar-refractivity contribution in [1.29, 1.82) is 0 Å². The molecule has 2 atom stereocenters. The van der Waals surface area contributed by atoms with Crippen molar-refractivity contribution < 1.29 is 18.0 Å². The molecule has 2 unspecified atom stereocenters. The molecule has 2 N–H and O–H groups in total. The molecule has 0 aromatic carbocycles. The van der Waals surface area contributed by atoms with Crippen LogP contribution in [0.5, 0.6) is 0 Å². The van der Waals surface area contributed by atoms with Gasteiger partial charge in [-0.15, -0.1) is 0 Å². The molecular weight excluding hydrogens is 257 g/mol. The van der Waals surface area contributed by atoms with Gasteiger partial charge in [-0.3, -0.25) is 4.79 Å². The van der Waals surface area contributed by atoms with Crippen molar-refractivity contribution >= 4 is 5.91 Å². The van der Waals surface area contributed by atoms with Crippen LogP contribution in [0.4, 0.5) is 13.2 Å². The highest BCUT2D eigenvalue weighted by molar-refractivity contribution is 5.76. The van der Waals surface area contributed by atoms with Crippen LogP contribution >= 0.6 is 0 Å². The van der Waals surface area contributed by atoms with Gasteiger partial charge in [-0.1, -0.05) is 6.42 Å². The molecule has 2 rings (SSSR count). The van der Waals surface area contributed by atoms with Gasteiger partial charge in [-0.25, -0.2) is 0 Å². The Morgan fingerprint density at radius 3 is 2.58 bits per heavy atom. The van der Waals surface area contributed by atoms with E-state index in [9.17, 15) is 18.0 Å². The molecule has 1 heterocycles. The van der Waals surface area contributed by atoms with E-state index in [1.54, 1.807) is 0 Å². The van der Waals surface area contributed by atoms with Crippen molar-refractivity contribution in [3.63, 3.8) is 0 Å². The third-order valence-corrected chi connectivity index (χ3v) is 3.86. The minimum Gasteiger partial charge on any atom is -0.356 e. The first-order valence-corrected chi connectivity index (χ1v) is 7.04. The summed E-state index contributed by atoms with van der Waals surface area (Å²) in [4.78, 5) is 11.4.